The van der Waals surface area contributed by atoms with Crippen molar-refractivity contribution in [3.63, 3.8) is 0 Å². The van der Waals surface area contributed by atoms with Gasteiger partial charge in [0.2, 0.25) is 5.91 Å². The zero-order valence-electron chi connectivity index (χ0n) is 16.4. The fraction of sp³-hybridized carbons (Fsp3) is 0.500. The number of hydrogen-bond acceptors (Lipinski definition) is 1. The van der Waals surface area contributed by atoms with Gasteiger partial charge in [-0.2, -0.15) is 0 Å². The number of amides is 1. The maximum absolute atomic E-state index is 11.4. The van der Waals surface area contributed by atoms with Crippen LogP contribution in [0.2, 0.25) is 0 Å². The van der Waals surface area contributed by atoms with E-state index in [0.29, 0.717) is 6.54 Å². The molecule has 134 valence electrons. The largest absolute Gasteiger partial charge is 0.353 e. The zero-order chi connectivity index (χ0) is 18.4. The highest BCUT2D eigenvalue weighted by Gasteiger charge is 1.93. The van der Waals surface area contributed by atoms with Crippen molar-refractivity contribution in [2.45, 2.75) is 67.2 Å². The van der Waals surface area contributed by atoms with Crippen molar-refractivity contribution in [3.05, 3.63) is 58.7 Å². The van der Waals surface area contributed by atoms with Crippen LogP contribution < -0.4 is 5.32 Å². The van der Waals surface area contributed by atoms with E-state index < -0.39 is 0 Å². The van der Waals surface area contributed by atoms with Crippen LogP contribution in [0.1, 0.15) is 67.2 Å². The third-order valence-electron chi connectivity index (χ3n) is 3.57. The van der Waals surface area contributed by atoms with Crippen LogP contribution in [0.15, 0.2) is 58.7 Å². The van der Waals surface area contributed by atoms with E-state index in [-0.39, 0.29) is 5.91 Å². The molecule has 24 heavy (non-hydrogen) atoms. The second-order valence-corrected chi connectivity index (χ2v) is 6.56. The van der Waals surface area contributed by atoms with Crippen molar-refractivity contribution < 1.29 is 4.79 Å². The van der Waals surface area contributed by atoms with Gasteiger partial charge in [-0.3, -0.25) is 4.79 Å². The molecule has 0 aliphatic heterocycles. The zero-order valence-corrected chi connectivity index (χ0v) is 16.4. The van der Waals surface area contributed by atoms with E-state index in [1.54, 1.807) is 6.08 Å². The molecule has 0 saturated heterocycles. The molecule has 0 aromatic carbocycles. The Bertz CT molecular complexity index is 526. The van der Waals surface area contributed by atoms with E-state index in [1.165, 1.54) is 16.7 Å². The summed E-state index contributed by atoms with van der Waals surface area (Å²) in [6.07, 6.45) is 16.8. The molecule has 1 amide bonds. The molecule has 0 aromatic heterocycles. The minimum atomic E-state index is -0.0333. The molecular weight excluding hydrogens is 294 g/mol. The van der Waals surface area contributed by atoms with Crippen molar-refractivity contribution in [2.24, 2.45) is 0 Å². The van der Waals surface area contributed by atoms with E-state index >= 15 is 0 Å². The molecule has 0 aliphatic carbocycles. The standard InChI is InChI=1S/C22H35NO/c1-7-23-22(24)17-21(6)16-10-15-20(5)14-9-13-19(4)12-8-11-18(2)3/h10-11,13,15-17H,7-9,12,14H2,1-6H3,(H,23,24). The first kappa shape index (κ1) is 22.2. The molecule has 0 heterocycles. The molecule has 0 fully saturated rings. The van der Waals surface area contributed by atoms with Gasteiger partial charge in [-0.1, -0.05) is 47.1 Å². The highest BCUT2D eigenvalue weighted by Crippen LogP contribution is 2.11. The highest BCUT2D eigenvalue weighted by molar-refractivity contribution is 5.88. The molecule has 0 aromatic rings. The molecule has 2 heteroatoms. The van der Waals surface area contributed by atoms with Crippen LogP contribution in [-0.2, 0) is 4.79 Å². The quantitative estimate of drug-likeness (QED) is 0.295. The van der Waals surface area contributed by atoms with Crippen LogP contribution >= 0.6 is 0 Å². The molecule has 0 rings (SSSR count). The third-order valence-corrected chi connectivity index (χ3v) is 3.57. The SMILES string of the molecule is CCNC(=O)C=C(C)C=CC=C(C)CCC=C(C)CCC=C(C)C. The van der Waals surface area contributed by atoms with Gasteiger partial charge in [0.05, 0.1) is 0 Å². The van der Waals surface area contributed by atoms with Crippen LogP contribution in [0, 0.1) is 0 Å². The Kier molecular flexibility index (Phi) is 12.6. The fourth-order valence-corrected chi connectivity index (χ4v) is 2.16. The Morgan fingerprint density at radius 2 is 1.54 bits per heavy atom. The van der Waals surface area contributed by atoms with E-state index in [4.69, 9.17) is 0 Å². The van der Waals surface area contributed by atoms with Gasteiger partial charge >= 0.3 is 0 Å². The summed E-state index contributed by atoms with van der Waals surface area (Å²) >= 11 is 0. The summed E-state index contributed by atoms with van der Waals surface area (Å²) < 4.78 is 0. The van der Waals surface area contributed by atoms with Crippen molar-refractivity contribution in [3.8, 4) is 0 Å². The van der Waals surface area contributed by atoms with Crippen molar-refractivity contribution >= 4 is 5.91 Å². The summed E-state index contributed by atoms with van der Waals surface area (Å²) in [5, 5.41) is 2.76. The second-order valence-electron chi connectivity index (χ2n) is 6.56. The number of hydrogen-bond donors (Lipinski definition) is 1. The highest BCUT2D eigenvalue weighted by atomic mass is 16.1. The van der Waals surface area contributed by atoms with E-state index in [2.05, 4.69) is 51.2 Å². The average Bonchev–Trinajstić information content (AvgIpc) is 2.46. The summed E-state index contributed by atoms with van der Waals surface area (Å²) in [4.78, 5) is 11.4. The number of carbonyl (C=O) groups excluding carboxylic acids is 1. The maximum Gasteiger partial charge on any atom is 0.244 e. The molecule has 0 saturated carbocycles. The minimum absolute atomic E-state index is 0.0333. The molecule has 0 unspecified atom stereocenters. The van der Waals surface area contributed by atoms with Gasteiger partial charge in [0.1, 0.15) is 0 Å². The first-order valence-corrected chi connectivity index (χ1v) is 8.94. The first-order chi connectivity index (χ1) is 11.3. The predicted molar refractivity (Wildman–Crippen MR) is 107 cm³/mol. The molecule has 0 atom stereocenters. The molecule has 1 N–H and O–H groups in total. The predicted octanol–water partition coefficient (Wildman–Crippen LogP) is 6.04. The van der Waals surface area contributed by atoms with Crippen molar-refractivity contribution in [2.75, 3.05) is 6.54 Å². The first-order valence-electron chi connectivity index (χ1n) is 8.94. The normalized spacial score (nSPS) is 13.3. The Morgan fingerprint density at radius 1 is 0.917 bits per heavy atom. The summed E-state index contributed by atoms with van der Waals surface area (Å²) in [7, 11) is 0. The monoisotopic (exact) mass is 329 g/mol. The fourth-order valence-electron chi connectivity index (χ4n) is 2.16. The smallest absolute Gasteiger partial charge is 0.244 e. The molecule has 0 radical (unpaired) electrons. The summed E-state index contributed by atoms with van der Waals surface area (Å²) in [6.45, 7) is 13.2. The van der Waals surface area contributed by atoms with Gasteiger partial charge in [0.15, 0.2) is 0 Å². The number of carbonyl (C=O) groups is 1. The van der Waals surface area contributed by atoms with Crippen LogP contribution in [0.5, 0.6) is 0 Å². The molecule has 0 aliphatic rings. The van der Waals surface area contributed by atoms with E-state index in [1.807, 2.05) is 26.0 Å². The lowest BCUT2D eigenvalue weighted by Gasteiger charge is -2.00. The van der Waals surface area contributed by atoms with Crippen LogP contribution in [0.4, 0.5) is 0 Å². The van der Waals surface area contributed by atoms with Gasteiger partial charge < -0.3 is 5.32 Å². The topological polar surface area (TPSA) is 29.1 Å². The minimum Gasteiger partial charge on any atom is -0.353 e. The van der Waals surface area contributed by atoms with Crippen LogP contribution in [0.25, 0.3) is 0 Å². The van der Waals surface area contributed by atoms with Gasteiger partial charge in [-0.05, 0) is 72.8 Å². The van der Waals surface area contributed by atoms with Crippen LogP contribution in [-0.4, -0.2) is 12.5 Å². The van der Waals surface area contributed by atoms with Crippen molar-refractivity contribution in [1.82, 2.24) is 5.32 Å². The summed E-state index contributed by atoms with van der Waals surface area (Å²) in [6, 6.07) is 0. The molecule has 0 bridgehead atoms. The number of nitrogens with one attached hydrogen (secondary N) is 1. The van der Waals surface area contributed by atoms with Gasteiger partial charge in [0, 0.05) is 12.6 Å². The Morgan fingerprint density at radius 3 is 2.17 bits per heavy atom. The molecular formula is C22H35NO. The summed E-state index contributed by atoms with van der Waals surface area (Å²) in [5.41, 5.74) is 5.17. The molecule has 2 nitrogen and oxygen atoms in total. The number of allylic oxidation sites excluding steroid dienone is 9. The van der Waals surface area contributed by atoms with E-state index in [0.717, 1.165) is 31.3 Å². The van der Waals surface area contributed by atoms with Gasteiger partial charge in [0.25, 0.3) is 0 Å². The van der Waals surface area contributed by atoms with Gasteiger partial charge in [-0.15, -0.1) is 0 Å². The van der Waals surface area contributed by atoms with Crippen LogP contribution in [0.3, 0.4) is 0 Å². The third kappa shape index (κ3) is 13.8. The van der Waals surface area contributed by atoms with E-state index in [9.17, 15) is 4.79 Å². The van der Waals surface area contributed by atoms with Gasteiger partial charge in [-0.25, -0.2) is 0 Å². The Hall–Kier alpha value is -1.83. The Balaban J connectivity index is 4.25. The lowest BCUT2D eigenvalue weighted by Crippen LogP contribution is -2.20. The Labute approximate surface area is 149 Å². The molecule has 0 spiro atoms. The van der Waals surface area contributed by atoms with Crippen molar-refractivity contribution in [1.29, 1.82) is 0 Å². The number of likely N-dealkylation sites (N-methyl/N-ethyl adjacent to an activating group) is 1. The number of rotatable bonds is 10. The lowest BCUT2D eigenvalue weighted by molar-refractivity contribution is -0.116. The average molecular weight is 330 g/mol. The maximum atomic E-state index is 11.4. The lowest BCUT2D eigenvalue weighted by atomic mass is 10.1. The summed E-state index contributed by atoms with van der Waals surface area (Å²) in [5.74, 6) is -0.0333. The second kappa shape index (κ2) is 13.6.